The first-order chi connectivity index (χ1) is 10.2. The van der Waals surface area contributed by atoms with Gasteiger partial charge < -0.3 is 10.2 Å². The lowest BCUT2D eigenvalue weighted by molar-refractivity contribution is 0.183. The van der Waals surface area contributed by atoms with Gasteiger partial charge in [0.15, 0.2) is 0 Å². The van der Waals surface area contributed by atoms with E-state index in [2.05, 4.69) is 64.4 Å². The molecule has 1 aliphatic carbocycles. The van der Waals surface area contributed by atoms with Gasteiger partial charge >= 0.3 is 0 Å². The van der Waals surface area contributed by atoms with E-state index < -0.39 is 0 Å². The Morgan fingerprint density at radius 1 is 1.24 bits per heavy atom. The van der Waals surface area contributed by atoms with Crippen molar-refractivity contribution in [1.29, 1.82) is 0 Å². The van der Waals surface area contributed by atoms with Gasteiger partial charge in [-0.15, -0.1) is 0 Å². The second kappa shape index (κ2) is 8.92. The third kappa shape index (κ3) is 5.08. The number of hydrogen-bond donors (Lipinski definition) is 1. The van der Waals surface area contributed by atoms with Crippen LogP contribution in [0.3, 0.4) is 0 Å². The Hall–Kier alpha value is -0.380. The van der Waals surface area contributed by atoms with Crippen LogP contribution in [-0.2, 0) is 0 Å². The SMILES string of the molecule is CCNC(CCN(C)C1CCCCC1)c1ccccc1Br. The molecule has 0 saturated heterocycles. The summed E-state index contributed by atoms with van der Waals surface area (Å²) in [5.41, 5.74) is 1.39. The summed E-state index contributed by atoms with van der Waals surface area (Å²) in [7, 11) is 2.30. The van der Waals surface area contributed by atoms with Crippen molar-refractivity contribution >= 4 is 15.9 Å². The molecule has 1 atom stereocenters. The molecule has 1 aromatic carbocycles. The second-order valence-electron chi connectivity index (χ2n) is 6.19. The molecule has 0 bridgehead atoms. The van der Waals surface area contributed by atoms with Gasteiger partial charge in [0.1, 0.15) is 0 Å². The summed E-state index contributed by atoms with van der Waals surface area (Å²) in [6.07, 6.45) is 8.20. The first-order valence-corrected chi connectivity index (χ1v) is 9.19. The van der Waals surface area contributed by atoms with Crippen LogP contribution in [0.2, 0.25) is 0 Å². The highest BCUT2D eigenvalue weighted by atomic mass is 79.9. The summed E-state index contributed by atoms with van der Waals surface area (Å²) in [6.45, 7) is 4.37. The van der Waals surface area contributed by atoms with E-state index in [1.807, 2.05) is 0 Å². The van der Waals surface area contributed by atoms with E-state index in [0.29, 0.717) is 6.04 Å². The zero-order chi connectivity index (χ0) is 15.1. The van der Waals surface area contributed by atoms with Crippen LogP contribution in [0, 0.1) is 0 Å². The molecule has 1 saturated carbocycles. The molecule has 3 heteroatoms. The fraction of sp³-hybridized carbons (Fsp3) is 0.667. The Morgan fingerprint density at radius 3 is 2.62 bits per heavy atom. The summed E-state index contributed by atoms with van der Waals surface area (Å²) in [6, 6.07) is 9.85. The first-order valence-electron chi connectivity index (χ1n) is 8.40. The lowest BCUT2D eigenvalue weighted by atomic mass is 9.94. The molecule has 2 rings (SSSR count). The molecule has 1 fully saturated rings. The Kier molecular flexibility index (Phi) is 7.21. The van der Waals surface area contributed by atoms with E-state index in [1.165, 1.54) is 55.1 Å². The van der Waals surface area contributed by atoms with Gasteiger partial charge in [0.25, 0.3) is 0 Å². The summed E-state index contributed by atoms with van der Waals surface area (Å²) in [5.74, 6) is 0. The summed E-state index contributed by atoms with van der Waals surface area (Å²) in [5, 5.41) is 3.64. The zero-order valence-corrected chi connectivity index (χ0v) is 15.0. The second-order valence-corrected chi connectivity index (χ2v) is 7.05. The zero-order valence-electron chi connectivity index (χ0n) is 13.4. The quantitative estimate of drug-likeness (QED) is 0.761. The van der Waals surface area contributed by atoms with Crippen LogP contribution in [0.5, 0.6) is 0 Å². The van der Waals surface area contributed by atoms with Crippen molar-refractivity contribution in [3.63, 3.8) is 0 Å². The van der Waals surface area contributed by atoms with E-state index in [9.17, 15) is 0 Å². The molecule has 1 aliphatic rings. The maximum absolute atomic E-state index is 3.70. The fourth-order valence-corrected chi connectivity index (χ4v) is 3.97. The Morgan fingerprint density at radius 2 is 1.95 bits per heavy atom. The molecule has 0 radical (unpaired) electrons. The molecule has 1 aromatic rings. The Bertz CT molecular complexity index is 415. The molecule has 0 aromatic heterocycles. The average Bonchev–Trinajstić information content (AvgIpc) is 2.53. The number of benzene rings is 1. The van der Waals surface area contributed by atoms with Gasteiger partial charge in [-0.1, -0.05) is 60.3 Å². The molecule has 21 heavy (non-hydrogen) atoms. The molecular formula is C18H29BrN2. The number of hydrogen-bond acceptors (Lipinski definition) is 2. The third-order valence-corrected chi connectivity index (χ3v) is 5.42. The van der Waals surface area contributed by atoms with E-state index in [0.717, 1.165) is 12.6 Å². The topological polar surface area (TPSA) is 15.3 Å². The monoisotopic (exact) mass is 352 g/mol. The molecule has 118 valence electrons. The minimum absolute atomic E-state index is 0.441. The van der Waals surface area contributed by atoms with Crippen molar-refractivity contribution in [1.82, 2.24) is 10.2 Å². The van der Waals surface area contributed by atoms with Crippen LogP contribution < -0.4 is 5.32 Å². The van der Waals surface area contributed by atoms with Crippen LogP contribution in [0.15, 0.2) is 28.7 Å². The van der Waals surface area contributed by atoms with E-state index in [4.69, 9.17) is 0 Å². The molecule has 1 unspecified atom stereocenters. The number of halogens is 1. The first kappa shape index (κ1) is 17.0. The smallest absolute Gasteiger partial charge is 0.0343 e. The highest BCUT2D eigenvalue weighted by molar-refractivity contribution is 9.10. The molecule has 0 spiro atoms. The normalized spacial score (nSPS) is 18.1. The predicted molar refractivity (Wildman–Crippen MR) is 94.7 cm³/mol. The van der Waals surface area contributed by atoms with Crippen molar-refractivity contribution in [2.24, 2.45) is 0 Å². The summed E-state index contributed by atoms with van der Waals surface area (Å²) in [4.78, 5) is 2.58. The van der Waals surface area contributed by atoms with Crippen LogP contribution in [0.25, 0.3) is 0 Å². The van der Waals surface area contributed by atoms with Crippen molar-refractivity contribution < 1.29 is 0 Å². The maximum Gasteiger partial charge on any atom is 0.0343 e. The van der Waals surface area contributed by atoms with Crippen LogP contribution >= 0.6 is 15.9 Å². The minimum atomic E-state index is 0.441. The van der Waals surface area contributed by atoms with Gasteiger partial charge in [0, 0.05) is 16.6 Å². The molecule has 0 aliphatic heterocycles. The highest BCUT2D eigenvalue weighted by Crippen LogP contribution is 2.27. The standard InChI is InChI=1S/C18H29BrN2/c1-3-20-18(16-11-7-8-12-17(16)19)13-14-21(2)15-9-5-4-6-10-15/h7-8,11-12,15,18,20H,3-6,9-10,13-14H2,1-2H3. The molecule has 1 N–H and O–H groups in total. The fourth-order valence-electron chi connectivity index (χ4n) is 3.41. The molecular weight excluding hydrogens is 324 g/mol. The van der Waals surface area contributed by atoms with Gasteiger partial charge in [-0.05, 0) is 51.0 Å². The van der Waals surface area contributed by atoms with E-state index in [-0.39, 0.29) is 0 Å². The number of nitrogens with one attached hydrogen (secondary N) is 1. The average molecular weight is 353 g/mol. The van der Waals surface area contributed by atoms with E-state index >= 15 is 0 Å². The Labute approximate surface area is 138 Å². The van der Waals surface area contributed by atoms with Crippen LogP contribution in [0.4, 0.5) is 0 Å². The molecule has 2 nitrogen and oxygen atoms in total. The van der Waals surface area contributed by atoms with Gasteiger partial charge in [0.05, 0.1) is 0 Å². The van der Waals surface area contributed by atoms with Crippen molar-refractivity contribution in [3.05, 3.63) is 34.3 Å². The van der Waals surface area contributed by atoms with Crippen molar-refractivity contribution in [2.75, 3.05) is 20.1 Å². The van der Waals surface area contributed by atoms with E-state index in [1.54, 1.807) is 0 Å². The largest absolute Gasteiger partial charge is 0.310 e. The highest BCUT2D eigenvalue weighted by Gasteiger charge is 2.20. The van der Waals surface area contributed by atoms with Gasteiger partial charge in [-0.2, -0.15) is 0 Å². The third-order valence-electron chi connectivity index (χ3n) is 4.70. The lowest BCUT2D eigenvalue weighted by Crippen LogP contribution is -2.36. The van der Waals surface area contributed by atoms with Crippen molar-refractivity contribution in [3.8, 4) is 0 Å². The van der Waals surface area contributed by atoms with Crippen LogP contribution in [-0.4, -0.2) is 31.1 Å². The number of rotatable bonds is 7. The lowest BCUT2D eigenvalue weighted by Gasteiger charge is -2.32. The number of nitrogens with zero attached hydrogens (tertiary/aromatic N) is 1. The summed E-state index contributed by atoms with van der Waals surface area (Å²) >= 11 is 3.70. The van der Waals surface area contributed by atoms with Gasteiger partial charge in [0.2, 0.25) is 0 Å². The molecule has 0 heterocycles. The van der Waals surface area contributed by atoms with Gasteiger partial charge in [-0.25, -0.2) is 0 Å². The van der Waals surface area contributed by atoms with Gasteiger partial charge in [-0.3, -0.25) is 0 Å². The minimum Gasteiger partial charge on any atom is -0.310 e. The van der Waals surface area contributed by atoms with Crippen molar-refractivity contribution in [2.45, 2.75) is 57.5 Å². The summed E-state index contributed by atoms with van der Waals surface area (Å²) < 4.78 is 1.22. The Balaban J connectivity index is 1.92. The van der Waals surface area contributed by atoms with Crippen LogP contribution in [0.1, 0.15) is 57.1 Å². The maximum atomic E-state index is 3.70. The molecule has 0 amide bonds. The predicted octanol–water partition coefficient (Wildman–Crippen LogP) is 4.75.